The van der Waals surface area contributed by atoms with Crippen LogP contribution in [0.5, 0.6) is 0 Å². The second-order valence-electron chi connectivity index (χ2n) is 6.63. The van der Waals surface area contributed by atoms with Crippen LogP contribution in [0, 0.1) is 0 Å². The highest BCUT2D eigenvalue weighted by Gasteiger charge is 2.48. The summed E-state index contributed by atoms with van der Waals surface area (Å²) in [6.07, 6.45) is 0.319. The van der Waals surface area contributed by atoms with Gasteiger partial charge in [0.15, 0.2) is 0 Å². The Bertz CT molecular complexity index is 841. The molecule has 3 N–H and O–H groups in total. The Hall–Kier alpha value is -3.19. The fourth-order valence-electron chi connectivity index (χ4n) is 3.15. The molecule has 0 aliphatic carbocycles. The largest absolute Gasteiger partial charge is 0.480 e. The summed E-state index contributed by atoms with van der Waals surface area (Å²) in [7, 11) is 0. The molecule has 2 amide bonds. The zero-order chi connectivity index (χ0) is 20.1. The van der Waals surface area contributed by atoms with E-state index in [0.717, 1.165) is 11.3 Å². The van der Waals surface area contributed by atoms with Crippen LogP contribution in [0.25, 0.3) is 0 Å². The topological polar surface area (TPSA) is 109 Å². The zero-order valence-electron chi connectivity index (χ0n) is 15.5. The van der Waals surface area contributed by atoms with Crippen molar-refractivity contribution in [3.05, 3.63) is 66.2 Å². The van der Waals surface area contributed by atoms with Gasteiger partial charge < -0.3 is 15.3 Å². The van der Waals surface area contributed by atoms with Crippen LogP contribution < -0.4 is 15.5 Å². The van der Waals surface area contributed by atoms with Crippen LogP contribution in [0.15, 0.2) is 60.7 Å². The quantitative estimate of drug-likeness (QED) is 0.595. The van der Waals surface area contributed by atoms with E-state index in [1.165, 1.54) is 0 Å². The summed E-state index contributed by atoms with van der Waals surface area (Å²) >= 11 is 0. The lowest BCUT2D eigenvalue weighted by Crippen LogP contribution is -2.51. The molecule has 0 spiro atoms. The number of anilines is 1. The van der Waals surface area contributed by atoms with E-state index in [1.54, 1.807) is 4.90 Å². The lowest BCUT2D eigenvalue weighted by atomic mass is 10.0. The number of carboxylic acid groups (broad SMARTS) is 1. The maximum atomic E-state index is 13.2. The van der Waals surface area contributed by atoms with Crippen molar-refractivity contribution < 1.29 is 19.5 Å². The van der Waals surface area contributed by atoms with Gasteiger partial charge in [-0.1, -0.05) is 48.5 Å². The molecule has 146 valence electrons. The van der Waals surface area contributed by atoms with Crippen molar-refractivity contribution in [2.24, 2.45) is 0 Å². The van der Waals surface area contributed by atoms with Gasteiger partial charge in [-0.2, -0.15) is 0 Å². The number of benzene rings is 2. The van der Waals surface area contributed by atoms with E-state index in [1.807, 2.05) is 67.6 Å². The minimum Gasteiger partial charge on any atom is -0.480 e. The van der Waals surface area contributed by atoms with Crippen LogP contribution in [-0.2, 0) is 20.8 Å². The normalized spacial score (nSPS) is 18.8. The monoisotopic (exact) mass is 381 g/mol. The molecule has 0 saturated carbocycles. The van der Waals surface area contributed by atoms with Crippen molar-refractivity contribution in [2.45, 2.75) is 31.5 Å². The van der Waals surface area contributed by atoms with E-state index in [-0.39, 0.29) is 5.91 Å². The van der Waals surface area contributed by atoms with E-state index in [4.69, 9.17) is 5.11 Å². The fourth-order valence-corrected chi connectivity index (χ4v) is 3.15. The number of amides is 2. The number of carboxylic acids is 1. The average molecular weight is 381 g/mol. The lowest BCUT2D eigenvalue weighted by Gasteiger charge is -2.27. The molecule has 2 aromatic carbocycles. The lowest BCUT2D eigenvalue weighted by molar-refractivity contribution is -0.137. The predicted octanol–water partition coefficient (Wildman–Crippen LogP) is 1.19. The Labute approximate surface area is 163 Å². The van der Waals surface area contributed by atoms with Crippen LogP contribution in [0.3, 0.4) is 0 Å². The highest BCUT2D eigenvalue weighted by Crippen LogP contribution is 2.17. The Morgan fingerprint density at radius 1 is 1.04 bits per heavy atom. The van der Waals surface area contributed by atoms with Gasteiger partial charge in [0.2, 0.25) is 11.8 Å². The van der Waals surface area contributed by atoms with Gasteiger partial charge in [-0.3, -0.25) is 19.7 Å². The molecule has 0 aromatic heterocycles. The fraction of sp³-hybridized carbons (Fsp3) is 0.286. The van der Waals surface area contributed by atoms with Gasteiger partial charge in [0.05, 0.1) is 0 Å². The number of likely N-dealkylation sites (N-methyl/N-ethyl adjacent to an activating group) is 1. The molecule has 1 heterocycles. The average Bonchev–Trinajstić information content (AvgIpc) is 3.51. The highest BCUT2D eigenvalue weighted by atomic mass is 16.4. The first-order valence-corrected chi connectivity index (χ1v) is 9.21. The number of aliphatic carboxylic acids is 1. The van der Waals surface area contributed by atoms with E-state index >= 15 is 0 Å². The van der Waals surface area contributed by atoms with Crippen LogP contribution in [0.2, 0.25) is 0 Å². The van der Waals surface area contributed by atoms with Gasteiger partial charge in [0.25, 0.3) is 0 Å². The van der Waals surface area contributed by atoms with Crippen molar-refractivity contribution >= 4 is 23.5 Å². The first-order valence-electron chi connectivity index (χ1n) is 9.21. The third kappa shape index (κ3) is 4.55. The molecule has 7 heteroatoms. The second-order valence-corrected chi connectivity index (χ2v) is 6.63. The number of rotatable bonds is 8. The summed E-state index contributed by atoms with van der Waals surface area (Å²) in [6, 6.07) is 16.1. The van der Waals surface area contributed by atoms with Crippen molar-refractivity contribution in [2.75, 3.05) is 11.4 Å². The summed E-state index contributed by atoms with van der Waals surface area (Å²) in [5.41, 5.74) is 1.65. The number of carbonyl (C=O) groups is 3. The van der Waals surface area contributed by atoms with E-state index in [9.17, 15) is 14.4 Å². The van der Waals surface area contributed by atoms with Crippen molar-refractivity contribution in [1.29, 1.82) is 0 Å². The molecule has 2 aromatic rings. The Balaban J connectivity index is 1.79. The van der Waals surface area contributed by atoms with Crippen LogP contribution >= 0.6 is 0 Å². The Morgan fingerprint density at radius 2 is 1.64 bits per heavy atom. The second kappa shape index (κ2) is 8.67. The van der Waals surface area contributed by atoms with Crippen LogP contribution in [0.1, 0.15) is 12.5 Å². The summed E-state index contributed by atoms with van der Waals surface area (Å²) in [6.45, 7) is 2.32. The molecule has 3 rings (SSSR count). The molecule has 1 aliphatic heterocycles. The van der Waals surface area contributed by atoms with Crippen LogP contribution in [-0.4, -0.2) is 47.6 Å². The van der Waals surface area contributed by atoms with Gasteiger partial charge >= 0.3 is 5.97 Å². The molecule has 3 atom stereocenters. The third-order valence-corrected chi connectivity index (χ3v) is 4.68. The van der Waals surface area contributed by atoms with E-state index in [0.29, 0.717) is 13.0 Å². The summed E-state index contributed by atoms with van der Waals surface area (Å²) in [5, 5.41) is 14.4. The smallest absolute Gasteiger partial charge is 0.322 e. The standard InChI is InChI=1S/C21H23N3O4/c1-2-24(15-11-7-4-8-12-15)20(26)16(13-14-9-5-3-6-10-14)22-19(25)17-18(23-17)21(27)28/h3-12,16-18,23H,2,13H2,1H3,(H,22,25)(H,27,28)/t16-,17-,18-/m0/s1. The minimum absolute atomic E-state index is 0.238. The van der Waals surface area contributed by atoms with Gasteiger partial charge in [-0.05, 0) is 24.6 Å². The number of para-hydroxylation sites is 1. The first-order chi connectivity index (χ1) is 13.5. The molecular formula is C21H23N3O4. The van der Waals surface area contributed by atoms with Gasteiger partial charge in [-0.25, -0.2) is 0 Å². The van der Waals surface area contributed by atoms with Gasteiger partial charge in [0.1, 0.15) is 18.1 Å². The van der Waals surface area contributed by atoms with Gasteiger partial charge in [-0.15, -0.1) is 0 Å². The third-order valence-electron chi connectivity index (χ3n) is 4.68. The summed E-state index contributed by atoms with van der Waals surface area (Å²) < 4.78 is 0. The van der Waals surface area contributed by atoms with E-state index in [2.05, 4.69) is 10.6 Å². The maximum absolute atomic E-state index is 13.2. The number of carbonyl (C=O) groups excluding carboxylic acids is 2. The molecule has 0 radical (unpaired) electrons. The first kappa shape index (κ1) is 19.6. The van der Waals surface area contributed by atoms with Crippen molar-refractivity contribution in [3.8, 4) is 0 Å². The van der Waals surface area contributed by atoms with Crippen molar-refractivity contribution in [1.82, 2.24) is 10.6 Å². The molecular weight excluding hydrogens is 358 g/mol. The molecule has 1 aliphatic rings. The summed E-state index contributed by atoms with van der Waals surface area (Å²) in [4.78, 5) is 38.3. The molecule has 1 fully saturated rings. The van der Waals surface area contributed by atoms with Crippen molar-refractivity contribution in [3.63, 3.8) is 0 Å². The predicted molar refractivity (Wildman–Crippen MR) is 105 cm³/mol. The number of nitrogens with one attached hydrogen (secondary N) is 2. The summed E-state index contributed by atoms with van der Waals surface area (Å²) in [5.74, 6) is -1.80. The zero-order valence-corrected chi connectivity index (χ0v) is 15.5. The molecule has 1 saturated heterocycles. The SMILES string of the molecule is CCN(C(=O)[C@H](Cc1ccccc1)NC(=O)[C@H]1N[C@@H]1C(=O)O)c1ccccc1. The van der Waals surface area contributed by atoms with Crippen LogP contribution in [0.4, 0.5) is 5.69 Å². The minimum atomic E-state index is -1.08. The molecule has 7 nitrogen and oxygen atoms in total. The number of hydrogen-bond donors (Lipinski definition) is 3. The number of hydrogen-bond acceptors (Lipinski definition) is 4. The molecule has 0 unspecified atom stereocenters. The molecule has 0 bridgehead atoms. The Morgan fingerprint density at radius 3 is 2.18 bits per heavy atom. The van der Waals surface area contributed by atoms with Gasteiger partial charge in [0, 0.05) is 18.7 Å². The van der Waals surface area contributed by atoms with E-state index < -0.39 is 30.0 Å². The maximum Gasteiger partial charge on any atom is 0.322 e. The Kier molecular flexibility index (Phi) is 6.06. The number of nitrogens with zero attached hydrogens (tertiary/aromatic N) is 1. The highest BCUT2D eigenvalue weighted by molar-refractivity contribution is 6.01. The molecule has 28 heavy (non-hydrogen) atoms.